The summed E-state index contributed by atoms with van der Waals surface area (Å²) in [5.74, 6) is -3.07. The first kappa shape index (κ1) is 21.5. The van der Waals surface area contributed by atoms with Crippen LogP contribution in [0.1, 0.15) is 40.1 Å². The normalized spacial score (nSPS) is 10.9. The zero-order valence-electron chi connectivity index (χ0n) is 15.9. The molecule has 0 aromatic heterocycles. The summed E-state index contributed by atoms with van der Waals surface area (Å²) in [5.41, 5.74) is 0.0324. The summed E-state index contributed by atoms with van der Waals surface area (Å²) >= 11 is 0. The molecule has 5 nitrogen and oxygen atoms in total. The number of benzene rings is 2. The van der Waals surface area contributed by atoms with Crippen molar-refractivity contribution in [3.8, 4) is 5.75 Å². The van der Waals surface area contributed by atoms with E-state index in [1.165, 1.54) is 24.3 Å². The van der Waals surface area contributed by atoms with Crippen molar-refractivity contribution in [3.05, 3.63) is 64.7 Å². The molecule has 0 unspecified atom stereocenters. The quantitative estimate of drug-likeness (QED) is 0.523. The third kappa shape index (κ3) is 5.60. The number of ether oxygens (including phenoxy) is 1. The average Bonchev–Trinajstić information content (AvgIpc) is 2.67. The largest absolute Gasteiger partial charge is 0.507 e. The molecule has 2 aromatic rings. The van der Waals surface area contributed by atoms with Gasteiger partial charge in [-0.1, -0.05) is 19.9 Å². The van der Waals surface area contributed by atoms with Crippen molar-refractivity contribution in [2.45, 2.75) is 20.3 Å². The van der Waals surface area contributed by atoms with Gasteiger partial charge in [-0.05, 0) is 42.9 Å². The van der Waals surface area contributed by atoms with Crippen molar-refractivity contribution in [3.63, 3.8) is 0 Å². The van der Waals surface area contributed by atoms with E-state index in [1.54, 1.807) is 0 Å². The average molecular weight is 391 g/mol. The molecule has 0 spiro atoms. The first-order chi connectivity index (χ1) is 13.3. The minimum atomic E-state index is -0.817. The Labute approximate surface area is 162 Å². The van der Waals surface area contributed by atoms with E-state index in [-0.39, 0.29) is 35.5 Å². The number of aromatic hydroxyl groups is 1. The lowest BCUT2D eigenvalue weighted by Crippen LogP contribution is -2.28. The molecular formula is C21H23F2NO4. The smallest absolute Gasteiger partial charge is 0.341 e. The number of hydrogen-bond acceptors (Lipinski definition) is 5. The standard InChI is InChI=1S/C21H23F2NO4/c1-3-24(4-2)9-10-28-21(27)17-11-15(6-8-19(17)25)20(26)12-14-5-7-16(22)13-18(14)23/h5-8,11,13,25H,3-4,9-10,12H2,1-2H3. The van der Waals surface area contributed by atoms with Crippen LogP contribution in [0, 0.1) is 11.6 Å². The third-order valence-corrected chi connectivity index (χ3v) is 4.44. The third-order valence-electron chi connectivity index (χ3n) is 4.44. The van der Waals surface area contributed by atoms with Crippen molar-refractivity contribution in [1.82, 2.24) is 4.90 Å². The summed E-state index contributed by atoms with van der Waals surface area (Å²) in [7, 11) is 0. The summed E-state index contributed by atoms with van der Waals surface area (Å²) in [4.78, 5) is 26.7. The Morgan fingerprint density at radius 1 is 1.07 bits per heavy atom. The van der Waals surface area contributed by atoms with Gasteiger partial charge >= 0.3 is 5.97 Å². The van der Waals surface area contributed by atoms with Crippen LogP contribution in [0.25, 0.3) is 0 Å². The van der Waals surface area contributed by atoms with Crippen LogP contribution in [-0.2, 0) is 11.2 Å². The monoisotopic (exact) mass is 391 g/mol. The predicted octanol–water partition coefficient (Wildman–Crippen LogP) is 3.59. The highest BCUT2D eigenvalue weighted by atomic mass is 19.1. The van der Waals surface area contributed by atoms with Crippen LogP contribution in [0.3, 0.4) is 0 Å². The van der Waals surface area contributed by atoms with Crippen molar-refractivity contribution in [2.24, 2.45) is 0 Å². The van der Waals surface area contributed by atoms with Crippen LogP contribution in [0.4, 0.5) is 8.78 Å². The Kier molecular flexibility index (Phi) is 7.63. The molecule has 0 heterocycles. The van der Waals surface area contributed by atoms with Crippen molar-refractivity contribution in [2.75, 3.05) is 26.2 Å². The second-order valence-corrected chi connectivity index (χ2v) is 6.23. The number of Topliss-reactive ketones (excluding diaryl/α,β-unsaturated/α-hetero) is 1. The number of likely N-dealkylation sites (N-methyl/N-ethyl adjacent to an activating group) is 1. The number of rotatable bonds is 9. The van der Waals surface area contributed by atoms with Crippen LogP contribution in [0.15, 0.2) is 36.4 Å². The molecule has 0 saturated carbocycles. The van der Waals surface area contributed by atoms with Gasteiger partial charge in [-0.3, -0.25) is 4.79 Å². The van der Waals surface area contributed by atoms with E-state index in [9.17, 15) is 23.5 Å². The highest BCUT2D eigenvalue weighted by molar-refractivity contribution is 6.01. The van der Waals surface area contributed by atoms with Crippen molar-refractivity contribution < 1.29 is 28.2 Å². The van der Waals surface area contributed by atoms with Crippen molar-refractivity contribution in [1.29, 1.82) is 0 Å². The molecule has 0 bridgehead atoms. The molecule has 2 rings (SSSR count). The van der Waals surface area contributed by atoms with E-state index in [2.05, 4.69) is 4.90 Å². The molecule has 2 aromatic carbocycles. The number of nitrogens with zero attached hydrogens (tertiary/aromatic N) is 1. The van der Waals surface area contributed by atoms with Gasteiger partial charge in [-0.2, -0.15) is 0 Å². The summed E-state index contributed by atoms with van der Waals surface area (Å²) in [5, 5.41) is 9.93. The maximum Gasteiger partial charge on any atom is 0.341 e. The predicted molar refractivity (Wildman–Crippen MR) is 101 cm³/mol. The van der Waals surface area contributed by atoms with Gasteiger partial charge in [0.15, 0.2) is 5.78 Å². The molecule has 0 atom stereocenters. The summed E-state index contributed by atoms with van der Waals surface area (Å²) < 4.78 is 31.9. The second kappa shape index (κ2) is 9.94. The van der Waals surface area contributed by atoms with E-state index in [0.717, 1.165) is 19.2 Å². The fourth-order valence-corrected chi connectivity index (χ4v) is 2.70. The Hall–Kier alpha value is -2.80. The van der Waals surface area contributed by atoms with E-state index >= 15 is 0 Å². The SMILES string of the molecule is CCN(CC)CCOC(=O)c1cc(C(=O)Cc2ccc(F)cc2F)ccc1O. The van der Waals surface area contributed by atoms with Gasteiger partial charge in [-0.25, -0.2) is 13.6 Å². The molecule has 0 aliphatic rings. The van der Waals surface area contributed by atoms with Crippen molar-refractivity contribution >= 4 is 11.8 Å². The van der Waals surface area contributed by atoms with E-state index < -0.39 is 23.4 Å². The summed E-state index contributed by atoms with van der Waals surface area (Å²) in [6.45, 7) is 6.35. The van der Waals surface area contributed by atoms with Crippen LogP contribution < -0.4 is 0 Å². The number of phenolic OH excluding ortho intramolecular Hbond substituents is 1. The fraction of sp³-hybridized carbons (Fsp3) is 0.333. The Balaban J connectivity index is 2.09. The lowest BCUT2D eigenvalue weighted by atomic mass is 10.0. The number of ketones is 1. The molecule has 7 heteroatoms. The lowest BCUT2D eigenvalue weighted by molar-refractivity contribution is 0.0463. The minimum absolute atomic E-state index is 0.0443. The minimum Gasteiger partial charge on any atom is -0.507 e. The van der Waals surface area contributed by atoms with Gasteiger partial charge in [0.25, 0.3) is 0 Å². The van der Waals surface area contributed by atoms with Gasteiger partial charge in [0.2, 0.25) is 0 Å². The summed E-state index contributed by atoms with van der Waals surface area (Å²) in [6, 6.07) is 6.75. The Morgan fingerprint density at radius 2 is 1.79 bits per heavy atom. The van der Waals surface area contributed by atoms with E-state index in [4.69, 9.17) is 4.74 Å². The zero-order chi connectivity index (χ0) is 20.7. The van der Waals surface area contributed by atoms with Crippen LogP contribution in [0.5, 0.6) is 5.75 Å². The van der Waals surface area contributed by atoms with Gasteiger partial charge < -0.3 is 14.7 Å². The summed E-state index contributed by atoms with van der Waals surface area (Å²) in [6.07, 6.45) is -0.298. The van der Waals surface area contributed by atoms with Gasteiger partial charge in [-0.15, -0.1) is 0 Å². The molecule has 0 saturated heterocycles. The maximum atomic E-state index is 13.8. The molecular weight excluding hydrogens is 368 g/mol. The van der Waals surface area contributed by atoms with Gasteiger partial charge in [0.1, 0.15) is 29.6 Å². The molecule has 0 aliphatic carbocycles. The molecule has 150 valence electrons. The molecule has 1 N–H and O–H groups in total. The first-order valence-corrected chi connectivity index (χ1v) is 9.05. The second-order valence-electron chi connectivity index (χ2n) is 6.23. The van der Waals surface area contributed by atoms with Gasteiger partial charge in [0.05, 0.1) is 0 Å². The molecule has 0 amide bonds. The molecule has 0 radical (unpaired) electrons. The van der Waals surface area contributed by atoms with Crippen LogP contribution in [-0.4, -0.2) is 48.0 Å². The number of phenols is 1. The number of carbonyl (C=O) groups excluding carboxylic acids is 2. The Bertz CT molecular complexity index is 850. The number of carbonyl (C=O) groups is 2. The molecule has 0 fully saturated rings. The van der Waals surface area contributed by atoms with E-state index in [1.807, 2.05) is 13.8 Å². The topological polar surface area (TPSA) is 66.8 Å². The van der Waals surface area contributed by atoms with Crippen LogP contribution >= 0.6 is 0 Å². The number of hydrogen-bond donors (Lipinski definition) is 1. The lowest BCUT2D eigenvalue weighted by Gasteiger charge is -2.17. The van der Waals surface area contributed by atoms with Gasteiger partial charge in [0, 0.05) is 24.6 Å². The highest BCUT2D eigenvalue weighted by Crippen LogP contribution is 2.21. The Morgan fingerprint density at radius 3 is 2.43 bits per heavy atom. The fourth-order valence-electron chi connectivity index (χ4n) is 2.70. The highest BCUT2D eigenvalue weighted by Gasteiger charge is 2.18. The molecule has 28 heavy (non-hydrogen) atoms. The number of esters is 1. The number of halogens is 2. The van der Waals surface area contributed by atoms with Crippen LogP contribution in [0.2, 0.25) is 0 Å². The first-order valence-electron chi connectivity index (χ1n) is 9.05. The molecule has 0 aliphatic heterocycles. The zero-order valence-corrected chi connectivity index (χ0v) is 15.9. The van der Waals surface area contributed by atoms with E-state index in [0.29, 0.717) is 12.6 Å². The maximum absolute atomic E-state index is 13.8.